The molecule has 1 saturated heterocycles. The largest absolute Gasteiger partial charge is 0.322 e. The fraction of sp³-hybridized carbons (Fsp3) is 0.500. The van der Waals surface area contributed by atoms with Crippen LogP contribution in [-0.4, -0.2) is 43.4 Å². The van der Waals surface area contributed by atoms with Crippen molar-refractivity contribution in [3.05, 3.63) is 28.2 Å². The second-order valence-electron chi connectivity index (χ2n) is 5.24. The zero-order valence-corrected chi connectivity index (χ0v) is 14.5. The first-order chi connectivity index (χ1) is 9.82. The van der Waals surface area contributed by atoms with Gasteiger partial charge in [0, 0.05) is 22.7 Å². The molecule has 21 heavy (non-hydrogen) atoms. The molecule has 1 heterocycles. The van der Waals surface area contributed by atoms with E-state index in [0.29, 0.717) is 18.7 Å². The maximum atomic E-state index is 12.3. The average Bonchev–Trinajstić information content (AvgIpc) is 2.75. The summed E-state index contributed by atoms with van der Waals surface area (Å²) in [5.74, 6) is 0.226. The monoisotopic (exact) mass is 374 g/mol. The molecule has 1 aliphatic rings. The number of hydrogen-bond donors (Lipinski definition) is 1. The Morgan fingerprint density at radius 2 is 2.19 bits per heavy atom. The molecule has 116 valence electrons. The predicted octanol–water partition coefficient (Wildman–Crippen LogP) is 2.80. The first-order valence-electron chi connectivity index (χ1n) is 6.86. The number of anilines is 1. The lowest BCUT2D eigenvalue weighted by molar-refractivity contribution is 0.197. The van der Waals surface area contributed by atoms with Crippen molar-refractivity contribution in [2.45, 2.75) is 26.3 Å². The number of sulfone groups is 1. The van der Waals surface area contributed by atoms with Crippen LogP contribution < -0.4 is 5.32 Å². The van der Waals surface area contributed by atoms with Crippen LogP contribution in [0, 0.1) is 6.92 Å². The van der Waals surface area contributed by atoms with Crippen molar-refractivity contribution in [3.8, 4) is 0 Å². The van der Waals surface area contributed by atoms with Crippen LogP contribution in [-0.2, 0) is 9.84 Å². The van der Waals surface area contributed by atoms with Crippen LogP contribution >= 0.6 is 15.9 Å². The summed E-state index contributed by atoms with van der Waals surface area (Å²) in [5, 5.41) is 2.83. The summed E-state index contributed by atoms with van der Waals surface area (Å²) >= 11 is 3.43. The van der Waals surface area contributed by atoms with Crippen molar-refractivity contribution in [1.29, 1.82) is 0 Å². The molecular weight excluding hydrogens is 356 g/mol. The Bertz CT molecular complexity index is 646. The summed E-state index contributed by atoms with van der Waals surface area (Å²) in [6, 6.07) is 5.10. The van der Waals surface area contributed by atoms with E-state index in [4.69, 9.17) is 0 Å². The molecule has 1 unspecified atom stereocenters. The Morgan fingerprint density at radius 1 is 1.48 bits per heavy atom. The Labute approximate surface area is 133 Å². The topological polar surface area (TPSA) is 66.5 Å². The molecule has 2 amide bonds. The molecule has 5 nitrogen and oxygen atoms in total. The second kappa shape index (κ2) is 6.36. The minimum absolute atomic E-state index is 0.0614. The van der Waals surface area contributed by atoms with Crippen LogP contribution in [0.3, 0.4) is 0 Å². The van der Waals surface area contributed by atoms with E-state index in [1.54, 1.807) is 4.90 Å². The number of amides is 2. The van der Waals surface area contributed by atoms with Gasteiger partial charge in [-0.2, -0.15) is 0 Å². The van der Waals surface area contributed by atoms with Crippen molar-refractivity contribution < 1.29 is 13.2 Å². The number of carbonyl (C=O) groups excluding carboxylic acids is 1. The van der Waals surface area contributed by atoms with Gasteiger partial charge in [0.2, 0.25) is 0 Å². The summed E-state index contributed by atoms with van der Waals surface area (Å²) in [6.45, 7) is 4.31. The molecule has 1 aromatic rings. The van der Waals surface area contributed by atoms with Gasteiger partial charge in [-0.25, -0.2) is 13.2 Å². The van der Waals surface area contributed by atoms with Gasteiger partial charge in [0.15, 0.2) is 9.84 Å². The van der Waals surface area contributed by atoms with Crippen molar-refractivity contribution in [3.63, 3.8) is 0 Å². The normalized spacial score (nSPS) is 20.2. The number of carbonyl (C=O) groups is 1. The zero-order valence-electron chi connectivity index (χ0n) is 12.1. The van der Waals surface area contributed by atoms with E-state index in [1.807, 2.05) is 32.0 Å². The first-order valence-corrected chi connectivity index (χ1v) is 9.48. The molecule has 1 aliphatic heterocycles. The van der Waals surface area contributed by atoms with Crippen LogP contribution in [0.1, 0.15) is 18.9 Å². The lowest BCUT2D eigenvalue weighted by Gasteiger charge is -2.27. The van der Waals surface area contributed by atoms with Gasteiger partial charge in [-0.05, 0) is 38.0 Å². The number of hydrogen-bond acceptors (Lipinski definition) is 3. The molecule has 0 aromatic heterocycles. The molecular formula is C14H19BrN2O3S. The minimum Gasteiger partial charge on any atom is -0.321 e. The van der Waals surface area contributed by atoms with Crippen LogP contribution in [0.15, 0.2) is 22.7 Å². The molecule has 1 aromatic carbocycles. The van der Waals surface area contributed by atoms with Crippen LogP contribution in [0.2, 0.25) is 0 Å². The molecule has 1 N–H and O–H groups in total. The van der Waals surface area contributed by atoms with E-state index in [1.165, 1.54) is 0 Å². The molecule has 0 radical (unpaired) electrons. The van der Waals surface area contributed by atoms with E-state index >= 15 is 0 Å². The number of halogens is 1. The SMILES string of the molecule is CCN(C(=O)Nc1ccc(C)c(Br)c1)C1CCS(=O)(=O)C1. The molecule has 1 atom stereocenters. The standard InChI is InChI=1S/C14H19BrN2O3S/c1-3-17(12-6-7-21(19,20)9-12)14(18)16-11-5-4-10(2)13(15)8-11/h4-5,8,12H,3,6-7,9H2,1-2H3,(H,16,18). The molecule has 2 rings (SSSR count). The Kier molecular flexibility index (Phi) is 4.93. The number of nitrogens with one attached hydrogen (secondary N) is 1. The van der Waals surface area contributed by atoms with E-state index < -0.39 is 9.84 Å². The second-order valence-corrected chi connectivity index (χ2v) is 8.32. The van der Waals surface area contributed by atoms with Crippen molar-refractivity contribution in [1.82, 2.24) is 4.90 Å². The van der Waals surface area contributed by atoms with Crippen LogP contribution in [0.4, 0.5) is 10.5 Å². The highest BCUT2D eigenvalue weighted by atomic mass is 79.9. The Morgan fingerprint density at radius 3 is 2.71 bits per heavy atom. The summed E-state index contributed by atoms with van der Waals surface area (Å²) < 4.78 is 24.0. The third kappa shape index (κ3) is 3.97. The fourth-order valence-corrected chi connectivity index (χ4v) is 4.56. The van der Waals surface area contributed by atoms with Gasteiger partial charge in [-0.3, -0.25) is 0 Å². The van der Waals surface area contributed by atoms with Gasteiger partial charge < -0.3 is 10.2 Å². The summed E-state index contributed by atoms with van der Waals surface area (Å²) in [5.41, 5.74) is 1.78. The van der Waals surface area contributed by atoms with Gasteiger partial charge in [0.05, 0.1) is 11.5 Å². The maximum absolute atomic E-state index is 12.3. The smallest absolute Gasteiger partial charge is 0.321 e. The number of urea groups is 1. The summed E-state index contributed by atoms with van der Waals surface area (Å²) in [7, 11) is -3.00. The van der Waals surface area contributed by atoms with E-state index in [9.17, 15) is 13.2 Å². The maximum Gasteiger partial charge on any atom is 0.322 e. The highest BCUT2D eigenvalue weighted by Gasteiger charge is 2.33. The average molecular weight is 375 g/mol. The highest BCUT2D eigenvalue weighted by Crippen LogP contribution is 2.22. The molecule has 0 spiro atoms. The van der Waals surface area contributed by atoms with E-state index in [2.05, 4.69) is 21.2 Å². The Hall–Kier alpha value is -1.08. The first kappa shape index (κ1) is 16.3. The van der Waals surface area contributed by atoms with Crippen LogP contribution in [0.25, 0.3) is 0 Å². The van der Waals surface area contributed by atoms with Gasteiger partial charge in [-0.1, -0.05) is 22.0 Å². The number of benzene rings is 1. The molecule has 7 heteroatoms. The number of aryl methyl sites for hydroxylation is 1. The minimum atomic E-state index is -3.00. The molecule has 0 bridgehead atoms. The highest BCUT2D eigenvalue weighted by molar-refractivity contribution is 9.10. The fourth-order valence-electron chi connectivity index (χ4n) is 2.45. The molecule has 0 saturated carbocycles. The predicted molar refractivity (Wildman–Crippen MR) is 87.3 cm³/mol. The van der Waals surface area contributed by atoms with E-state index in [-0.39, 0.29) is 23.6 Å². The lowest BCUT2D eigenvalue weighted by Crippen LogP contribution is -2.43. The van der Waals surface area contributed by atoms with Crippen molar-refractivity contribution in [2.75, 3.05) is 23.4 Å². The molecule has 0 aliphatic carbocycles. The van der Waals surface area contributed by atoms with Crippen LogP contribution in [0.5, 0.6) is 0 Å². The third-order valence-electron chi connectivity index (χ3n) is 3.67. The summed E-state index contributed by atoms with van der Waals surface area (Å²) in [6.07, 6.45) is 0.515. The van der Waals surface area contributed by atoms with Crippen molar-refractivity contribution >= 4 is 37.5 Å². The molecule has 1 fully saturated rings. The Balaban J connectivity index is 2.08. The lowest BCUT2D eigenvalue weighted by atomic mass is 10.2. The van der Waals surface area contributed by atoms with Gasteiger partial charge in [-0.15, -0.1) is 0 Å². The quantitative estimate of drug-likeness (QED) is 0.884. The van der Waals surface area contributed by atoms with Gasteiger partial charge in [0.25, 0.3) is 0 Å². The third-order valence-corrected chi connectivity index (χ3v) is 6.28. The zero-order chi connectivity index (χ0) is 15.6. The number of nitrogens with zero attached hydrogens (tertiary/aromatic N) is 1. The number of rotatable bonds is 3. The van der Waals surface area contributed by atoms with E-state index in [0.717, 1.165) is 10.0 Å². The van der Waals surface area contributed by atoms with Gasteiger partial charge in [0.1, 0.15) is 0 Å². The van der Waals surface area contributed by atoms with Crippen molar-refractivity contribution in [2.24, 2.45) is 0 Å². The van der Waals surface area contributed by atoms with Gasteiger partial charge >= 0.3 is 6.03 Å². The summed E-state index contributed by atoms with van der Waals surface area (Å²) in [4.78, 5) is 13.9.